The zero-order chi connectivity index (χ0) is 21.2. The van der Waals surface area contributed by atoms with Crippen LogP contribution in [0.25, 0.3) is 0 Å². The Morgan fingerprint density at radius 2 is 1.24 bits per heavy atom. The standard InChI is InChI=1S/C20H18O9/c21-17(22)13-4-3-5-14(12-13)19(25)28-10-8-27-9-11-29-20(26)16-7-2-1-6-15(16)18(23)24/h1-7,12H,8-11H2,(H,21,22)(H,23,24). The van der Waals surface area contributed by atoms with Crippen LogP contribution in [0.3, 0.4) is 0 Å². The van der Waals surface area contributed by atoms with Crippen molar-refractivity contribution in [3.63, 3.8) is 0 Å². The van der Waals surface area contributed by atoms with Crippen molar-refractivity contribution >= 4 is 23.9 Å². The van der Waals surface area contributed by atoms with E-state index in [9.17, 15) is 19.2 Å². The van der Waals surface area contributed by atoms with Gasteiger partial charge in [0.2, 0.25) is 0 Å². The highest BCUT2D eigenvalue weighted by Gasteiger charge is 2.16. The predicted molar refractivity (Wildman–Crippen MR) is 98.2 cm³/mol. The molecule has 0 aliphatic heterocycles. The lowest BCUT2D eigenvalue weighted by Crippen LogP contribution is -2.16. The lowest BCUT2D eigenvalue weighted by atomic mass is 10.1. The Balaban J connectivity index is 1.67. The fourth-order valence-electron chi connectivity index (χ4n) is 2.28. The first-order chi connectivity index (χ1) is 13.9. The number of ether oxygens (including phenoxy) is 3. The zero-order valence-electron chi connectivity index (χ0n) is 15.2. The normalized spacial score (nSPS) is 10.2. The lowest BCUT2D eigenvalue weighted by molar-refractivity contribution is 0.0149. The first-order valence-corrected chi connectivity index (χ1v) is 8.48. The monoisotopic (exact) mass is 402 g/mol. The molecule has 0 heterocycles. The summed E-state index contributed by atoms with van der Waals surface area (Å²) in [6, 6.07) is 11.1. The molecule has 0 amide bonds. The molecule has 0 unspecified atom stereocenters. The highest BCUT2D eigenvalue weighted by Crippen LogP contribution is 2.10. The van der Waals surface area contributed by atoms with Gasteiger partial charge in [-0.25, -0.2) is 19.2 Å². The van der Waals surface area contributed by atoms with E-state index >= 15 is 0 Å². The number of aromatic carboxylic acids is 2. The van der Waals surface area contributed by atoms with E-state index in [1.807, 2.05) is 0 Å². The molecule has 0 fully saturated rings. The largest absolute Gasteiger partial charge is 0.478 e. The number of hydrogen-bond acceptors (Lipinski definition) is 7. The minimum absolute atomic E-state index is 0.0209. The van der Waals surface area contributed by atoms with Crippen LogP contribution in [0.4, 0.5) is 0 Å². The molecule has 0 atom stereocenters. The molecular formula is C20H18O9. The van der Waals surface area contributed by atoms with E-state index in [0.717, 1.165) is 0 Å². The number of carboxylic acids is 2. The first-order valence-electron chi connectivity index (χ1n) is 8.48. The van der Waals surface area contributed by atoms with Gasteiger partial charge < -0.3 is 24.4 Å². The molecule has 9 nitrogen and oxygen atoms in total. The van der Waals surface area contributed by atoms with E-state index in [-0.39, 0.29) is 48.7 Å². The summed E-state index contributed by atoms with van der Waals surface area (Å²) in [7, 11) is 0. The number of benzene rings is 2. The molecule has 0 aromatic heterocycles. The summed E-state index contributed by atoms with van der Waals surface area (Å²) in [5, 5.41) is 18.0. The molecule has 0 saturated carbocycles. The van der Waals surface area contributed by atoms with E-state index in [1.54, 1.807) is 0 Å². The van der Waals surface area contributed by atoms with Crippen LogP contribution < -0.4 is 0 Å². The van der Waals surface area contributed by atoms with Crippen molar-refractivity contribution in [3.05, 3.63) is 70.8 Å². The summed E-state index contributed by atoms with van der Waals surface area (Å²) in [5.74, 6) is -3.85. The Bertz CT molecular complexity index is 904. The quantitative estimate of drug-likeness (QED) is 0.452. The SMILES string of the molecule is O=C(O)c1cccc(C(=O)OCCOCCOC(=O)c2ccccc2C(=O)O)c1. The van der Waals surface area contributed by atoms with Gasteiger partial charge in [0.05, 0.1) is 35.5 Å². The van der Waals surface area contributed by atoms with Crippen LogP contribution in [-0.2, 0) is 14.2 Å². The maximum absolute atomic E-state index is 11.9. The van der Waals surface area contributed by atoms with Crippen molar-refractivity contribution < 1.29 is 43.6 Å². The number of esters is 2. The molecule has 0 aliphatic carbocycles. The molecular weight excluding hydrogens is 384 g/mol. The van der Waals surface area contributed by atoms with Crippen LogP contribution in [0.2, 0.25) is 0 Å². The molecule has 152 valence electrons. The highest BCUT2D eigenvalue weighted by molar-refractivity contribution is 6.02. The van der Waals surface area contributed by atoms with Crippen molar-refractivity contribution in [2.45, 2.75) is 0 Å². The molecule has 2 N–H and O–H groups in total. The Morgan fingerprint density at radius 1 is 0.655 bits per heavy atom. The van der Waals surface area contributed by atoms with Crippen LogP contribution >= 0.6 is 0 Å². The number of carboxylic acid groups (broad SMARTS) is 2. The number of carbonyl (C=O) groups excluding carboxylic acids is 2. The summed E-state index contributed by atoms with van der Waals surface area (Å²) < 4.78 is 15.1. The Labute approximate surface area is 165 Å². The predicted octanol–water partition coefficient (Wildman–Crippen LogP) is 2.11. The molecule has 2 rings (SSSR count). The van der Waals surface area contributed by atoms with Gasteiger partial charge in [-0.3, -0.25) is 0 Å². The summed E-state index contributed by atoms with van der Waals surface area (Å²) in [5.41, 5.74) is -0.132. The Morgan fingerprint density at radius 3 is 1.86 bits per heavy atom. The second-order valence-electron chi connectivity index (χ2n) is 5.62. The van der Waals surface area contributed by atoms with E-state index < -0.39 is 23.9 Å². The fraction of sp³-hybridized carbons (Fsp3) is 0.200. The van der Waals surface area contributed by atoms with Crippen molar-refractivity contribution in [1.82, 2.24) is 0 Å². The van der Waals surface area contributed by atoms with Crippen LogP contribution in [0, 0.1) is 0 Å². The Hall–Kier alpha value is -3.72. The maximum atomic E-state index is 11.9. The molecule has 2 aromatic carbocycles. The van der Waals surface area contributed by atoms with Crippen LogP contribution in [0.5, 0.6) is 0 Å². The van der Waals surface area contributed by atoms with Crippen LogP contribution in [0.15, 0.2) is 48.5 Å². The summed E-state index contributed by atoms with van der Waals surface area (Å²) >= 11 is 0. The number of rotatable bonds is 10. The summed E-state index contributed by atoms with van der Waals surface area (Å²) in [4.78, 5) is 45.8. The smallest absolute Gasteiger partial charge is 0.339 e. The average Bonchev–Trinajstić information content (AvgIpc) is 2.72. The molecule has 2 aromatic rings. The molecule has 0 radical (unpaired) electrons. The third-order valence-electron chi connectivity index (χ3n) is 3.64. The van der Waals surface area contributed by atoms with Crippen molar-refractivity contribution in [2.24, 2.45) is 0 Å². The molecule has 0 spiro atoms. The highest BCUT2D eigenvalue weighted by atomic mass is 16.6. The van der Waals surface area contributed by atoms with Gasteiger partial charge in [-0.05, 0) is 30.3 Å². The van der Waals surface area contributed by atoms with Gasteiger partial charge in [0.25, 0.3) is 0 Å². The van der Waals surface area contributed by atoms with Crippen molar-refractivity contribution in [3.8, 4) is 0 Å². The van der Waals surface area contributed by atoms with E-state index in [4.69, 9.17) is 24.4 Å². The van der Waals surface area contributed by atoms with Crippen LogP contribution in [-0.4, -0.2) is 60.5 Å². The lowest BCUT2D eigenvalue weighted by Gasteiger charge is -2.08. The molecule has 9 heteroatoms. The first kappa shape index (κ1) is 21.6. The van der Waals surface area contributed by atoms with Crippen molar-refractivity contribution in [2.75, 3.05) is 26.4 Å². The molecule has 0 saturated heterocycles. The number of carbonyl (C=O) groups is 4. The van der Waals surface area contributed by atoms with Gasteiger partial charge in [-0.1, -0.05) is 18.2 Å². The summed E-state index contributed by atoms with van der Waals surface area (Å²) in [6.45, 7) is -0.131. The van der Waals surface area contributed by atoms with E-state index in [0.29, 0.717) is 0 Å². The molecule has 0 bridgehead atoms. The molecule has 0 aliphatic rings. The van der Waals surface area contributed by atoms with Gasteiger partial charge in [-0.15, -0.1) is 0 Å². The third kappa shape index (κ3) is 6.43. The van der Waals surface area contributed by atoms with Gasteiger partial charge >= 0.3 is 23.9 Å². The van der Waals surface area contributed by atoms with Gasteiger partial charge in [0, 0.05) is 0 Å². The average molecular weight is 402 g/mol. The number of hydrogen-bond donors (Lipinski definition) is 2. The Kier molecular flexibility index (Phi) is 7.87. The second kappa shape index (κ2) is 10.6. The van der Waals surface area contributed by atoms with Gasteiger partial charge in [-0.2, -0.15) is 0 Å². The fourth-order valence-corrected chi connectivity index (χ4v) is 2.28. The zero-order valence-corrected chi connectivity index (χ0v) is 15.2. The van der Waals surface area contributed by atoms with Gasteiger partial charge in [0.15, 0.2) is 0 Å². The minimum atomic E-state index is -1.23. The molecule has 29 heavy (non-hydrogen) atoms. The topological polar surface area (TPSA) is 136 Å². The van der Waals surface area contributed by atoms with E-state index in [1.165, 1.54) is 48.5 Å². The minimum Gasteiger partial charge on any atom is -0.478 e. The second-order valence-corrected chi connectivity index (χ2v) is 5.62. The van der Waals surface area contributed by atoms with E-state index in [2.05, 4.69) is 0 Å². The maximum Gasteiger partial charge on any atom is 0.339 e. The van der Waals surface area contributed by atoms with Crippen molar-refractivity contribution in [1.29, 1.82) is 0 Å². The summed E-state index contributed by atoms with van der Waals surface area (Å²) in [6.07, 6.45) is 0. The van der Waals surface area contributed by atoms with Crippen LogP contribution in [0.1, 0.15) is 41.4 Å². The van der Waals surface area contributed by atoms with Gasteiger partial charge in [0.1, 0.15) is 13.2 Å². The third-order valence-corrected chi connectivity index (χ3v) is 3.64.